The first kappa shape index (κ1) is 14.3. The van der Waals surface area contributed by atoms with Gasteiger partial charge in [0.1, 0.15) is 0 Å². The second-order valence-electron chi connectivity index (χ2n) is 4.88. The van der Waals surface area contributed by atoms with E-state index in [0.717, 1.165) is 35.2 Å². The lowest BCUT2D eigenvalue weighted by Gasteiger charge is -2.15. The number of anilines is 1. The fourth-order valence-corrected chi connectivity index (χ4v) is 2.22. The summed E-state index contributed by atoms with van der Waals surface area (Å²) in [4.78, 5) is 36.9. The van der Waals surface area contributed by atoms with E-state index in [1.165, 1.54) is 14.1 Å². The first-order valence-electron chi connectivity index (χ1n) is 6.66. The second kappa shape index (κ2) is 5.89. The van der Waals surface area contributed by atoms with Crippen LogP contribution < -0.4 is 16.6 Å². The molecule has 8 heteroatoms. The zero-order valence-electron chi connectivity index (χ0n) is 11.8. The number of carbonyl (C=O) groups excluding carboxylic acids is 1. The van der Waals surface area contributed by atoms with E-state index >= 15 is 0 Å². The number of aryl methyl sites for hydroxylation is 1. The van der Waals surface area contributed by atoms with Crippen molar-refractivity contribution in [2.45, 2.75) is 19.3 Å². The van der Waals surface area contributed by atoms with Gasteiger partial charge < -0.3 is 10.2 Å². The highest BCUT2D eigenvalue weighted by atomic mass is 16.2. The molecule has 1 N–H and O–H groups in total. The van der Waals surface area contributed by atoms with Crippen LogP contribution in [0.15, 0.2) is 9.59 Å². The molecule has 1 amide bonds. The van der Waals surface area contributed by atoms with Crippen molar-refractivity contribution in [2.24, 2.45) is 14.1 Å². The highest BCUT2D eigenvalue weighted by molar-refractivity contribution is 5.76. The Morgan fingerprint density at radius 2 is 1.90 bits per heavy atom. The zero-order valence-corrected chi connectivity index (χ0v) is 11.8. The Kier molecular flexibility index (Phi) is 4.21. The first-order valence-corrected chi connectivity index (χ1v) is 6.66. The normalized spacial score (nSPS) is 14.6. The van der Waals surface area contributed by atoms with Crippen LogP contribution in [0.4, 0.5) is 5.82 Å². The summed E-state index contributed by atoms with van der Waals surface area (Å²) < 4.78 is 2.07. The Balaban J connectivity index is 1.96. The number of carbonyl (C=O) groups is 1. The molecular weight excluding hydrogens is 262 g/mol. The third kappa shape index (κ3) is 2.89. The van der Waals surface area contributed by atoms with Crippen molar-refractivity contribution in [2.75, 3.05) is 25.0 Å². The summed E-state index contributed by atoms with van der Waals surface area (Å²) in [6.45, 7) is 1.97. The number of likely N-dealkylation sites (tertiary alicyclic amines) is 1. The van der Waals surface area contributed by atoms with Gasteiger partial charge in [-0.1, -0.05) is 0 Å². The second-order valence-corrected chi connectivity index (χ2v) is 4.88. The van der Waals surface area contributed by atoms with Gasteiger partial charge in [-0.2, -0.15) is 0 Å². The molecule has 0 aliphatic carbocycles. The SMILES string of the molecule is Cn1nc(NCCC(=O)N2CCCC2)c(=O)n(C)c1=O. The third-order valence-electron chi connectivity index (χ3n) is 3.41. The van der Waals surface area contributed by atoms with Crippen molar-refractivity contribution in [3.05, 3.63) is 20.8 Å². The van der Waals surface area contributed by atoms with Gasteiger partial charge >= 0.3 is 5.69 Å². The fraction of sp³-hybridized carbons (Fsp3) is 0.667. The van der Waals surface area contributed by atoms with Crippen molar-refractivity contribution in [3.8, 4) is 0 Å². The van der Waals surface area contributed by atoms with E-state index in [0.29, 0.717) is 13.0 Å². The summed E-state index contributed by atoms with van der Waals surface area (Å²) in [5.41, 5.74) is -0.963. The lowest BCUT2D eigenvalue weighted by Crippen LogP contribution is -2.40. The minimum Gasteiger partial charge on any atom is -0.364 e. The molecule has 2 heterocycles. The van der Waals surface area contributed by atoms with E-state index in [9.17, 15) is 14.4 Å². The lowest BCUT2D eigenvalue weighted by atomic mass is 10.3. The van der Waals surface area contributed by atoms with Crippen LogP contribution in [0.5, 0.6) is 0 Å². The van der Waals surface area contributed by atoms with E-state index in [1.807, 2.05) is 4.90 Å². The van der Waals surface area contributed by atoms with Gasteiger partial charge in [-0.3, -0.25) is 14.2 Å². The molecule has 1 aromatic heterocycles. The molecule has 1 saturated heterocycles. The number of nitrogens with zero attached hydrogens (tertiary/aromatic N) is 4. The smallest absolute Gasteiger partial charge is 0.346 e. The first-order chi connectivity index (χ1) is 9.50. The van der Waals surface area contributed by atoms with Crippen LogP contribution in [-0.4, -0.2) is 44.8 Å². The van der Waals surface area contributed by atoms with Crippen molar-refractivity contribution in [1.82, 2.24) is 19.2 Å². The molecule has 20 heavy (non-hydrogen) atoms. The molecular formula is C12H19N5O3. The van der Waals surface area contributed by atoms with Crippen LogP contribution in [0.25, 0.3) is 0 Å². The van der Waals surface area contributed by atoms with Crippen molar-refractivity contribution >= 4 is 11.7 Å². The number of hydrogen-bond donors (Lipinski definition) is 1. The number of nitrogens with one attached hydrogen (secondary N) is 1. The fourth-order valence-electron chi connectivity index (χ4n) is 2.22. The summed E-state index contributed by atoms with van der Waals surface area (Å²) in [7, 11) is 2.87. The zero-order chi connectivity index (χ0) is 14.7. The highest BCUT2D eigenvalue weighted by Gasteiger charge is 2.17. The molecule has 110 valence electrons. The summed E-state index contributed by atoms with van der Waals surface area (Å²) >= 11 is 0. The Labute approximate surface area is 116 Å². The van der Waals surface area contributed by atoms with Crippen LogP contribution in [0.3, 0.4) is 0 Å². The number of amides is 1. The molecule has 8 nitrogen and oxygen atoms in total. The number of hydrogen-bond acceptors (Lipinski definition) is 5. The minimum absolute atomic E-state index is 0.0802. The minimum atomic E-state index is -0.485. The Morgan fingerprint density at radius 1 is 1.25 bits per heavy atom. The Morgan fingerprint density at radius 3 is 2.55 bits per heavy atom. The van der Waals surface area contributed by atoms with Crippen LogP contribution in [0.2, 0.25) is 0 Å². The molecule has 0 aromatic carbocycles. The molecule has 2 rings (SSSR count). The predicted molar refractivity (Wildman–Crippen MR) is 73.6 cm³/mol. The molecule has 0 saturated carbocycles. The van der Waals surface area contributed by atoms with Crippen LogP contribution >= 0.6 is 0 Å². The lowest BCUT2D eigenvalue weighted by molar-refractivity contribution is -0.129. The van der Waals surface area contributed by atoms with Gasteiger partial charge in [0.05, 0.1) is 0 Å². The third-order valence-corrected chi connectivity index (χ3v) is 3.41. The summed E-state index contributed by atoms with van der Waals surface area (Å²) in [5.74, 6) is 0.167. The average Bonchev–Trinajstić information content (AvgIpc) is 2.96. The molecule has 0 atom stereocenters. The number of rotatable bonds is 4. The standard InChI is InChI=1S/C12H19N5O3/c1-15-11(19)10(14-16(2)12(15)20)13-6-5-9(18)17-7-3-4-8-17/h3-8H2,1-2H3,(H,13,14). The van der Waals surface area contributed by atoms with Crippen molar-refractivity contribution in [1.29, 1.82) is 0 Å². The maximum absolute atomic E-state index is 11.8. The van der Waals surface area contributed by atoms with Crippen molar-refractivity contribution < 1.29 is 4.79 Å². The van der Waals surface area contributed by atoms with E-state index in [-0.39, 0.29) is 11.7 Å². The quantitative estimate of drug-likeness (QED) is 0.757. The van der Waals surface area contributed by atoms with Crippen LogP contribution in [-0.2, 0) is 18.9 Å². The van der Waals surface area contributed by atoms with Gasteiger partial charge in [-0.05, 0) is 12.8 Å². The Bertz CT molecular complexity index is 612. The van der Waals surface area contributed by atoms with Gasteiger partial charge in [0.2, 0.25) is 11.7 Å². The van der Waals surface area contributed by atoms with Gasteiger partial charge in [-0.15, -0.1) is 5.10 Å². The molecule has 1 fully saturated rings. The molecule has 0 unspecified atom stereocenters. The predicted octanol–water partition coefficient (Wildman–Crippen LogP) is -1.10. The van der Waals surface area contributed by atoms with Crippen LogP contribution in [0, 0.1) is 0 Å². The summed E-state index contributed by atoms with van der Waals surface area (Å²) in [5, 5.41) is 6.69. The van der Waals surface area contributed by atoms with Crippen LogP contribution in [0.1, 0.15) is 19.3 Å². The van der Waals surface area contributed by atoms with E-state index in [2.05, 4.69) is 10.4 Å². The molecule has 0 radical (unpaired) electrons. The molecule has 1 aliphatic heterocycles. The molecule has 0 bridgehead atoms. The van der Waals surface area contributed by atoms with E-state index in [4.69, 9.17) is 0 Å². The van der Waals surface area contributed by atoms with Crippen molar-refractivity contribution in [3.63, 3.8) is 0 Å². The summed E-state index contributed by atoms with van der Waals surface area (Å²) in [6, 6.07) is 0. The van der Waals surface area contributed by atoms with Gasteiger partial charge in [0.15, 0.2) is 0 Å². The topological polar surface area (TPSA) is 89.2 Å². The molecule has 1 aromatic rings. The van der Waals surface area contributed by atoms with Gasteiger partial charge in [-0.25, -0.2) is 9.48 Å². The maximum Gasteiger partial charge on any atom is 0.346 e. The van der Waals surface area contributed by atoms with E-state index in [1.54, 1.807) is 0 Å². The van der Waals surface area contributed by atoms with E-state index < -0.39 is 11.2 Å². The average molecular weight is 281 g/mol. The monoisotopic (exact) mass is 281 g/mol. The molecule has 1 aliphatic rings. The summed E-state index contributed by atoms with van der Waals surface area (Å²) in [6.07, 6.45) is 2.43. The highest BCUT2D eigenvalue weighted by Crippen LogP contribution is 2.08. The number of aromatic nitrogens is 3. The Hall–Kier alpha value is -2.12. The van der Waals surface area contributed by atoms with Gasteiger partial charge in [0.25, 0.3) is 5.56 Å². The largest absolute Gasteiger partial charge is 0.364 e. The van der Waals surface area contributed by atoms with Gasteiger partial charge in [0, 0.05) is 40.2 Å². The molecule has 0 spiro atoms. The maximum atomic E-state index is 11.8.